The number of esters is 1. The molecular formula is C31H32F4O6. The molecule has 0 N–H and O–H groups in total. The Kier molecular flexibility index (Phi) is 10.2. The van der Waals surface area contributed by atoms with Crippen LogP contribution < -0.4 is 14.2 Å². The van der Waals surface area contributed by atoms with Crippen molar-refractivity contribution >= 4 is 5.97 Å². The Morgan fingerprint density at radius 1 is 0.878 bits per heavy atom. The molecule has 220 valence electrons. The van der Waals surface area contributed by atoms with E-state index in [0.29, 0.717) is 29.0 Å². The summed E-state index contributed by atoms with van der Waals surface area (Å²) in [5.74, 6) is -1.72. The smallest absolute Gasteiger partial charge is 0.494 e. The molecule has 0 spiro atoms. The molecule has 0 amide bonds. The Labute approximate surface area is 236 Å². The lowest BCUT2D eigenvalue weighted by Gasteiger charge is -2.40. The highest BCUT2D eigenvalue weighted by Gasteiger charge is 2.36. The highest BCUT2D eigenvalue weighted by Crippen LogP contribution is 2.32. The minimum atomic E-state index is -4.99. The first kappa shape index (κ1) is 30.3. The van der Waals surface area contributed by atoms with Crippen LogP contribution >= 0.6 is 0 Å². The predicted molar refractivity (Wildman–Crippen MR) is 144 cm³/mol. The molecular weight excluding hydrogens is 544 g/mol. The molecule has 1 saturated heterocycles. The molecule has 10 heteroatoms. The summed E-state index contributed by atoms with van der Waals surface area (Å²) in [6.07, 6.45) is -1.06. The standard InChI is InChI=1S/C31H32F4O6/c1-2-30(20-38-21-30)19-37-16-4-3-5-17-39-25-11-8-23(9-12-25)29(36)40-26-13-6-22(7-14-26)24-10-15-28(27(32)18-24)41-31(33,34)35/h6-15,18H,2-5,16-17,19-21H2,1H3. The van der Waals surface area contributed by atoms with Crippen LogP contribution in [0.4, 0.5) is 17.6 Å². The monoisotopic (exact) mass is 576 g/mol. The highest BCUT2D eigenvalue weighted by atomic mass is 19.4. The number of benzene rings is 3. The Morgan fingerprint density at radius 3 is 2.15 bits per heavy atom. The van der Waals surface area contributed by atoms with Gasteiger partial charge in [-0.2, -0.15) is 0 Å². The fourth-order valence-electron chi connectivity index (χ4n) is 4.20. The van der Waals surface area contributed by atoms with Crippen LogP contribution in [0.5, 0.6) is 17.2 Å². The Morgan fingerprint density at radius 2 is 1.54 bits per heavy atom. The summed E-state index contributed by atoms with van der Waals surface area (Å²) in [7, 11) is 0. The number of hydrogen-bond acceptors (Lipinski definition) is 6. The van der Waals surface area contributed by atoms with Gasteiger partial charge in [-0.15, -0.1) is 13.2 Å². The first-order valence-electron chi connectivity index (χ1n) is 13.4. The average molecular weight is 577 g/mol. The van der Waals surface area contributed by atoms with E-state index >= 15 is 0 Å². The maximum absolute atomic E-state index is 14.0. The van der Waals surface area contributed by atoms with Crippen LogP contribution in [0.2, 0.25) is 0 Å². The Balaban J connectivity index is 1.17. The van der Waals surface area contributed by atoms with Gasteiger partial charge in [0.1, 0.15) is 11.5 Å². The first-order chi connectivity index (χ1) is 19.7. The van der Waals surface area contributed by atoms with E-state index in [1.165, 1.54) is 18.2 Å². The van der Waals surface area contributed by atoms with Crippen molar-refractivity contribution in [1.29, 1.82) is 0 Å². The molecule has 6 nitrogen and oxygen atoms in total. The number of unbranched alkanes of at least 4 members (excludes halogenated alkanes) is 2. The second-order valence-corrected chi connectivity index (χ2v) is 9.94. The van der Waals surface area contributed by atoms with Crippen molar-refractivity contribution in [1.82, 2.24) is 0 Å². The number of ether oxygens (including phenoxy) is 5. The lowest BCUT2D eigenvalue weighted by atomic mass is 9.84. The first-order valence-corrected chi connectivity index (χ1v) is 13.4. The number of hydrogen-bond donors (Lipinski definition) is 0. The third kappa shape index (κ3) is 8.93. The van der Waals surface area contributed by atoms with E-state index < -0.39 is 23.9 Å². The van der Waals surface area contributed by atoms with E-state index in [1.807, 2.05) is 0 Å². The summed E-state index contributed by atoms with van der Waals surface area (Å²) < 4.78 is 77.0. The Bertz CT molecular complexity index is 1270. The van der Waals surface area contributed by atoms with E-state index in [9.17, 15) is 22.4 Å². The normalized spacial score (nSPS) is 14.3. The van der Waals surface area contributed by atoms with Crippen molar-refractivity contribution < 1.29 is 46.0 Å². The summed E-state index contributed by atoms with van der Waals surface area (Å²) in [5, 5.41) is 0. The largest absolute Gasteiger partial charge is 0.573 e. The van der Waals surface area contributed by atoms with Crippen LogP contribution in [-0.4, -0.2) is 45.4 Å². The summed E-state index contributed by atoms with van der Waals surface area (Å²) in [6.45, 7) is 5.79. The van der Waals surface area contributed by atoms with Crippen LogP contribution in [-0.2, 0) is 9.47 Å². The van der Waals surface area contributed by atoms with Gasteiger partial charge >= 0.3 is 12.3 Å². The predicted octanol–water partition coefficient (Wildman–Crippen LogP) is 7.60. The van der Waals surface area contributed by atoms with E-state index in [1.54, 1.807) is 36.4 Å². The van der Waals surface area contributed by atoms with Gasteiger partial charge in [-0.25, -0.2) is 9.18 Å². The van der Waals surface area contributed by atoms with Gasteiger partial charge in [0.15, 0.2) is 11.6 Å². The lowest BCUT2D eigenvalue weighted by Crippen LogP contribution is -2.45. The second-order valence-electron chi connectivity index (χ2n) is 9.94. The van der Waals surface area contributed by atoms with Gasteiger partial charge < -0.3 is 23.7 Å². The topological polar surface area (TPSA) is 63.2 Å². The molecule has 1 aliphatic heterocycles. The third-order valence-corrected chi connectivity index (χ3v) is 6.82. The van der Waals surface area contributed by atoms with Gasteiger partial charge in [0.2, 0.25) is 0 Å². The maximum Gasteiger partial charge on any atom is 0.573 e. The molecule has 0 saturated carbocycles. The maximum atomic E-state index is 14.0. The zero-order valence-corrected chi connectivity index (χ0v) is 22.7. The fraction of sp³-hybridized carbons (Fsp3) is 0.387. The molecule has 3 aromatic carbocycles. The highest BCUT2D eigenvalue weighted by molar-refractivity contribution is 5.91. The van der Waals surface area contributed by atoms with Gasteiger partial charge in [0, 0.05) is 12.0 Å². The number of carbonyl (C=O) groups is 1. The SMILES string of the molecule is CCC1(COCCCCCOc2ccc(C(=O)Oc3ccc(-c4ccc(OC(F)(F)F)c(F)c4)cc3)cc2)COC1. The van der Waals surface area contributed by atoms with E-state index in [4.69, 9.17) is 18.9 Å². The zero-order chi connectivity index (χ0) is 29.3. The summed E-state index contributed by atoms with van der Waals surface area (Å²) in [6, 6.07) is 15.9. The average Bonchev–Trinajstić information content (AvgIpc) is 2.92. The van der Waals surface area contributed by atoms with Gasteiger partial charge in [-0.3, -0.25) is 0 Å². The molecule has 0 aromatic heterocycles. The number of alkyl halides is 3. The molecule has 0 atom stereocenters. The third-order valence-electron chi connectivity index (χ3n) is 6.82. The van der Waals surface area contributed by atoms with Crippen molar-refractivity contribution in [2.24, 2.45) is 5.41 Å². The fourth-order valence-corrected chi connectivity index (χ4v) is 4.20. The van der Waals surface area contributed by atoms with Crippen molar-refractivity contribution in [3.63, 3.8) is 0 Å². The number of carbonyl (C=O) groups excluding carboxylic acids is 1. The van der Waals surface area contributed by atoms with Gasteiger partial charge in [-0.05, 0) is 85.3 Å². The molecule has 1 aliphatic rings. The van der Waals surface area contributed by atoms with Crippen molar-refractivity contribution in [3.8, 4) is 28.4 Å². The molecule has 0 radical (unpaired) electrons. The van der Waals surface area contributed by atoms with Crippen LogP contribution in [0.1, 0.15) is 43.0 Å². The lowest BCUT2D eigenvalue weighted by molar-refractivity contribution is -0.275. The molecule has 3 aromatic rings. The Hall–Kier alpha value is -3.63. The number of rotatable bonds is 14. The van der Waals surface area contributed by atoms with Crippen molar-refractivity contribution in [3.05, 3.63) is 78.1 Å². The molecule has 1 fully saturated rings. The minimum Gasteiger partial charge on any atom is -0.494 e. The molecule has 0 aliphatic carbocycles. The summed E-state index contributed by atoms with van der Waals surface area (Å²) >= 11 is 0. The molecule has 0 unspecified atom stereocenters. The van der Waals surface area contributed by atoms with Crippen LogP contribution in [0.25, 0.3) is 11.1 Å². The van der Waals surface area contributed by atoms with Crippen LogP contribution in [0.3, 0.4) is 0 Å². The van der Waals surface area contributed by atoms with Crippen LogP contribution in [0, 0.1) is 11.2 Å². The molecule has 1 heterocycles. The van der Waals surface area contributed by atoms with Gasteiger partial charge in [0.25, 0.3) is 0 Å². The summed E-state index contributed by atoms with van der Waals surface area (Å²) in [4.78, 5) is 12.5. The van der Waals surface area contributed by atoms with Crippen molar-refractivity contribution in [2.75, 3.05) is 33.0 Å². The zero-order valence-electron chi connectivity index (χ0n) is 22.7. The molecule has 4 rings (SSSR count). The quantitative estimate of drug-likeness (QED) is 0.0852. The summed E-state index contributed by atoms with van der Waals surface area (Å²) in [5.41, 5.74) is 1.40. The molecule has 41 heavy (non-hydrogen) atoms. The van der Waals surface area contributed by atoms with Gasteiger partial charge in [0.05, 0.1) is 32.0 Å². The van der Waals surface area contributed by atoms with Crippen molar-refractivity contribution in [2.45, 2.75) is 39.0 Å². The molecule has 0 bridgehead atoms. The van der Waals surface area contributed by atoms with E-state index in [-0.39, 0.29) is 11.2 Å². The van der Waals surface area contributed by atoms with Crippen LogP contribution in [0.15, 0.2) is 66.7 Å². The minimum absolute atomic E-state index is 0.213. The second kappa shape index (κ2) is 13.8. The number of halogens is 4. The van der Waals surface area contributed by atoms with E-state index in [0.717, 1.165) is 64.2 Å². The van der Waals surface area contributed by atoms with E-state index in [2.05, 4.69) is 11.7 Å². The van der Waals surface area contributed by atoms with Gasteiger partial charge in [-0.1, -0.05) is 25.1 Å².